The summed E-state index contributed by atoms with van der Waals surface area (Å²) < 4.78 is 2.42. The quantitative estimate of drug-likeness (QED) is 0.0796. The number of benzene rings is 10. The molecule has 1 N–H and O–H groups in total. The number of para-hydroxylation sites is 2. The Labute approximate surface area is 466 Å². The van der Waals surface area contributed by atoms with Crippen molar-refractivity contribution in [3.05, 3.63) is 267 Å². The van der Waals surface area contributed by atoms with Gasteiger partial charge in [0.05, 0.1) is 21.5 Å². The number of nitrogens with zero attached hydrogens (tertiary/aromatic N) is 2. The molecule has 0 spiro atoms. The number of carbonyl (C=O) groups is 1. The average Bonchev–Trinajstić information content (AvgIpc) is 4.15. The third-order valence-corrected chi connectivity index (χ3v) is 14.9. The number of thiazole rings is 2. The molecule has 2 heterocycles. The second-order valence-corrected chi connectivity index (χ2v) is 20.0. The van der Waals surface area contributed by atoms with Gasteiger partial charge in [0, 0.05) is 54.3 Å². The molecule has 0 aliphatic rings. The number of ketones is 1. The van der Waals surface area contributed by atoms with Crippen molar-refractivity contribution in [1.82, 2.24) is 9.97 Å². The predicted molar refractivity (Wildman–Crippen MR) is 318 cm³/mol. The molecule has 0 saturated carbocycles. The number of fused-ring (bicyclic) bond motifs is 2. The number of carbonyl (C=O) groups excluding carboxylic acids is 1. The topological polar surface area (TPSA) is 63.1 Å². The first-order valence-corrected chi connectivity index (χ1v) is 26.8. The summed E-state index contributed by atoms with van der Waals surface area (Å²) in [6.45, 7) is 3.57. The molecule has 12 rings (SSSR count). The van der Waals surface area contributed by atoms with E-state index in [2.05, 4.69) is 237 Å². The van der Waals surface area contributed by atoms with Crippen molar-refractivity contribution >= 4 is 48.9 Å². The summed E-state index contributed by atoms with van der Waals surface area (Å²) in [5, 5.41) is 10.9. The normalized spacial score (nSPS) is 10.9. The molecule has 7 heteroatoms. The minimum atomic E-state index is -0.0191. The Morgan fingerprint density at radius 3 is 1.17 bits per heavy atom. The first-order chi connectivity index (χ1) is 36.9. The maximum atomic E-state index is 10.5. The van der Waals surface area contributed by atoms with E-state index < -0.39 is 0 Å². The van der Waals surface area contributed by atoms with Gasteiger partial charge in [0.2, 0.25) is 0 Å². The van der Waals surface area contributed by atoms with E-state index in [0.29, 0.717) is 12.8 Å². The predicted octanol–water partition coefficient (Wildman–Crippen LogP) is 19.5. The van der Waals surface area contributed by atoms with Crippen LogP contribution in [0.15, 0.2) is 261 Å². The minimum absolute atomic E-state index is 0. The molecular weight excluding hydrogens is 1150 g/mol. The fourth-order valence-electron chi connectivity index (χ4n) is 8.75. The van der Waals surface area contributed by atoms with E-state index in [1.807, 2.05) is 18.2 Å². The number of hydrogen-bond acceptors (Lipinski definition) is 6. The molecule has 373 valence electrons. The van der Waals surface area contributed by atoms with Gasteiger partial charge in [-0.3, -0.25) is 9.78 Å². The van der Waals surface area contributed by atoms with Gasteiger partial charge in [-0.2, -0.15) is 11.3 Å². The first kappa shape index (κ1) is 52.7. The summed E-state index contributed by atoms with van der Waals surface area (Å²) in [7, 11) is 0. The molecule has 1 radical (unpaired) electrons. The minimum Gasteiger partial charge on any atom is -0.512 e. The van der Waals surface area contributed by atoms with Gasteiger partial charge in [0.25, 0.3) is 0 Å². The second-order valence-electron chi connectivity index (χ2n) is 17.9. The maximum Gasteiger partial charge on any atom is 0.158 e. The van der Waals surface area contributed by atoms with Crippen molar-refractivity contribution in [2.45, 2.75) is 26.7 Å². The monoisotopic (exact) mass is 1200 g/mol. The number of hydrogen-bond donors (Lipinski definition) is 1. The van der Waals surface area contributed by atoms with Crippen LogP contribution < -0.4 is 0 Å². The van der Waals surface area contributed by atoms with Crippen LogP contribution in [0.25, 0.3) is 108 Å². The van der Waals surface area contributed by atoms with Crippen molar-refractivity contribution in [1.29, 1.82) is 0 Å². The molecule has 2 aromatic heterocycles. The molecule has 10 aromatic carbocycles. The summed E-state index contributed by atoms with van der Waals surface area (Å²) in [4.78, 5) is 20.2. The van der Waals surface area contributed by atoms with Crippen LogP contribution in [0.1, 0.15) is 26.7 Å². The van der Waals surface area contributed by atoms with E-state index in [1.54, 1.807) is 36.5 Å². The Bertz CT molecular complexity index is 3610. The molecule has 0 atom stereocenters. The Balaban J connectivity index is 0.000000158. The zero-order chi connectivity index (χ0) is 51.3. The van der Waals surface area contributed by atoms with Crippen LogP contribution in [0.2, 0.25) is 0 Å². The molecule has 76 heavy (non-hydrogen) atoms. The largest absolute Gasteiger partial charge is 0.512 e. The number of aliphatic hydroxyl groups excluding tert-OH is 1. The molecule has 0 aliphatic carbocycles. The van der Waals surface area contributed by atoms with E-state index in [0.717, 1.165) is 32.2 Å². The molecular formula is C69H53IrN2O2S2-. The third kappa shape index (κ3) is 13.0. The average molecular weight is 1200 g/mol. The fourth-order valence-corrected chi connectivity index (χ4v) is 10.7. The molecule has 0 saturated heterocycles. The van der Waals surface area contributed by atoms with Crippen LogP contribution in [-0.2, 0) is 24.9 Å². The summed E-state index contributed by atoms with van der Waals surface area (Å²) in [5.74, 6) is 0.149. The Morgan fingerprint density at radius 1 is 0.408 bits per heavy atom. The van der Waals surface area contributed by atoms with Crippen molar-refractivity contribution in [2.75, 3.05) is 0 Å². The summed E-state index contributed by atoms with van der Waals surface area (Å²) >= 11 is 3.45. The summed E-state index contributed by atoms with van der Waals surface area (Å²) in [5.41, 5.74) is 18.8. The SMILES string of the molecule is CCC(=O)/C=C(\O)CC.[Ir].[c-]1ccc(-c2cccc(-c3cccc(-c4ccccc4)c3)c2)cc1-c1nc2ccccc2s1.c1ccc(-c2cccc(-c3cccc(-c4cccc(-c5nc6ccccc6s5)c4)c3)c2)cc1. The van der Waals surface area contributed by atoms with E-state index in [4.69, 9.17) is 15.1 Å². The van der Waals surface area contributed by atoms with E-state index >= 15 is 0 Å². The number of rotatable bonds is 11. The van der Waals surface area contributed by atoms with Crippen LogP contribution in [-0.4, -0.2) is 20.9 Å². The van der Waals surface area contributed by atoms with Crippen LogP contribution >= 0.6 is 22.7 Å². The van der Waals surface area contributed by atoms with E-state index in [1.165, 1.54) is 82.2 Å². The molecule has 0 unspecified atom stereocenters. The van der Waals surface area contributed by atoms with Gasteiger partial charge in [-0.25, -0.2) is 4.98 Å². The molecule has 0 fully saturated rings. The maximum absolute atomic E-state index is 10.5. The van der Waals surface area contributed by atoms with Gasteiger partial charge >= 0.3 is 0 Å². The number of aliphatic hydroxyl groups is 1. The van der Waals surface area contributed by atoms with Gasteiger partial charge in [-0.15, -0.1) is 46.7 Å². The molecule has 0 bridgehead atoms. The number of aromatic nitrogens is 2. The zero-order valence-electron chi connectivity index (χ0n) is 42.1. The standard InChI is InChI=1S/C31H21NS.C31H20NS.C7H12O2.Ir/c2*1-2-9-22(10-3-1)23-11-6-12-24(19-23)25-13-7-14-26(20-25)27-15-8-16-28(21-27)31-32-29-17-4-5-18-30(29)33-31;1-3-6(8)5-7(9)4-2;/h1-21H;1-15,17-21H;5,8H,3-4H2,1-2H3;/q;-1;;/b;;6-5-;. The summed E-state index contributed by atoms with van der Waals surface area (Å²) in [6, 6.07) is 91.1. The summed E-state index contributed by atoms with van der Waals surface area (Å²) in [6.07, 6.45) is 2.27. The van der Waals surface area contributed by atoms with Crippen LogP contribution in [0.3, 0.4) is 0 Å². The Morgan fingerprint density at radius 2 is 0.750 bits per heavy atom. The Kier molecular flexibility index (Phi) is 17.6. The third-order valence-electron chi connectivity index (χ3n) is 12.8. The Hall–Kier alpha value is -8.16. The first-order valence-electron chi connectivity index (χ1n) is 25.2. The van der Waals surface area contributed by atoms with E-state index in [-0.39, 0.29) is 31.6 Å². The van der Waals surface area contributed by atoms with Crippen molar-refractivity contribution in [3.63, 3.8) is 0 Å². The zero-order valence-corrected chi connectivity index (χ0v) is 46.1. The molecule has 0 aliphatic heterocycles. The fraction of sp³-hybridized carbons (Fsp3) is 0.0580. The molecule has 0 amide bonds. The van der Waals surface area contributed by atoms with Crippen molar-refractivity contribution in [2.24, 2.45) is 0 Å². The number of allylic oxidation sites excluding steroid dienone is 2. The van der Waals surface area contributed by atoms with Crippen LogP contribution in [0.5, 0.6) is 0 Å². The van der Waals surface area contributed by atoms with Gasteiger partial charge in [0.15, 0.2) is 5.78 Å². The molecule has 4 nitrogen and oxygen atoms in total. The van der Waals surface area contributed by atoms with Gasteiger partial charge < -0.3 is 5.11 Å². The second kappa shape index (κ2) is 25.4. The van der Waals surface area contributed by atoms with Crippen LogP contribution in [0, 0.1) is 6.07 Å². The van der Waals surface area contributed by atoms with Gasteiger partial charge in [-0.05, 0) is 116 Å². The van der Waals surface area contributed by atoms with Crippen molar-refractivity contribution < 1.29 is 30.0 Å². The van der Waals surface area contributed by atoms with Crippen LogP contribution in [0.4, 0.5) is 0 Å². The van der Waals surface area contributed by atoms with Gasteiger partial charge in [-0.1, -0.05) is 190 Å². The van der Waals surface area contributed by atoms with Gasteiger partial charge in [0.1, 0.15) is 5.01 Å². The molecule has 12 aromatic rings. The smallest absolute Gasteiger partial charge is 0.158 e. The van der Waals surface area contributed by atoms with Crippen molar-refractivity contribution in [3.8, 4) is 87.9 Å². The van der Waals surface area contributed by atoms with E-state index in [9.17, 15) is 4.79 Å².